The molecule has 0 saturated carbocycles. The third kappa shape index (κ3) is 3.90. The summed E-state index contributed by atoms with van der Waals surface area (Å²) in [5.74, 6) is -5.30. The third-order valence-corrected chi connectivity index (χ3v) is 3.07. The van der Waals surface area contributed by atoms with Crippen LogP contribution in [0.25, 0.3) is 0 Å². The van der Waals surface area contributed by atoms with Crippen molar-refractivity contribution in [2.75, 3.05) is 0 Å². The highest BCUT2D eigenvalue weighted by atomic mass is 35.6. The van der Waals surface area contributed by atoms with E-state index in [0.29, 0.717) is 0 Å². The van der Waals surface area contributed by atoms with Crippen molar-refractivity contribution < 1.29 is 31.1 Å². The first-order valence-corrected chi connectivity index (χ1v) is 5.69. The smallest absolute Gasteiger partial charge is 0.280 e. The third-order valence-electron chi connectivity index (χ3n) is 1.33. The highest BCUT2D eigenvalue weighted by Gasteiger charge is 2.74. The monoisotopic (exact) mass is 400 g/mol. The maximum atomic E-state index is 13.5. The van der Waals surface area contributed by atoms with Crippen LogP contribution in [0.5, 0.6) is 0 Å². The summed E-state index contributed by atoms with van der Waals surface area (Å²) in [5, 5.41) is -4.68. The van der Waals surface area contributed by atoms with Crippen LogP contribution >= 0.6 is 69.6 Å². The van der Waals surface area contributed by atoms with E-state index in [1.165, 1.54) is 0 Å². The van der Waals surface area contributed by atoms with Crippen LogP contribution in [0.4, 0.5) is 26.3 Å². The summed E-state index contributed by atoms with van der Waals surface area (Å²) in [4.78, 5) is 0. The van der Waals surface area contributed by atoms with Gasteiger partial charge in [0.2, 0.25) is 0 Å². The van der Waals surface area contributed by atoms with E-state index >= 15 is 0 Å². The second-order valence-corrected chi connectivity index (χ2v) is 6.71. The number of hydrogen-bond donors (Lipinski definition) is 0. The first-order chi connectivity index (χ1) is 7.46. The molecule has 0 rings (SSSR count). The average molecular weight is 403 g/mol. The Bertz CT molecular complexity index is 291. The minimum atomic E-state index is -6.08. The van der Waals surface area contributed by atoms with E-state index in [4.69, 9.17) is 0 Å². The van der Waals surface area contributed by atoms with Crippen molar-refractivity contribution in [1.82, 2.24) is 0 Å². The highest BCUT2D eigenvalue weighted by molar-refractivity contribution is 6.68. The van der Waals surface area contributed by atoms with Crippen LogP contribution in [0.3, 0.4) is 0 Å². The molecule has 0 amide bonds. The van der Waals surface area contributed by atoms with Gasteiger partial charge in [0.15, 0.2) is 0 Å². The van der Waals surface area contributed by atoms with Gasteiger partial charge in [0.05, 0.1) is 0 Å². The predicted octanol–water partition coefficient (Wildman–Crippen LogP) is 5.56. The molecule has 0 aliphatic carbocycles. The second-order valence-electron chi connectivity index (χ2n) is 2.71. The molecule has 0 aliphatic heterocycles. The second kappa shape index (κ2) is 5.24. The molecule has 18 heavy (non-hydrogen) atoms. The van der Waals surface area contributed by atoms with Crippen molar-refractivity contribution in [2.24, 2.45) is 0 Å². The zero-order chi connectivity index (χ0) is 15.2. The summed E-state index contributed by atoms with van der Waals surface area (Å²) in [7, 11) is 0. The van der Waals surface area contributed by atoms with Crippen LogP contribution in [0.1, 0.15) is 0 Å². The number of halogens is 12. The largest absolute Gasteiger partial charge is 0.453 e. The van der Waals surface area contributed by atoms with Gasteiger partial charge in [-0.3, -0.25) is 4.74 Å². The molecule has 13 heteroatoms. The Morgan fingerprint density at radius 3 is 1.17 bits per heavy atom. The summed E-state index contributed by atoms with van der Waals surface area (Å²) in [6.07, 6.45) is -6.08. The van der Waals surface area contributed by atoms with Crippen molar-refractivity contribution in [3.8, 4) is 0 Å². The molecule has 0 aromatic rings. The molecule has 0 bridgehead atoms. The van der Waals surface area contributed by atoms with Crippen LogP contribution < -0.4 is 0 Å². The van der Waals surface area contributed by atoms with Gasteiger partial charge in [-0.25, -0.2) is 0 Å². The van der Waals surface area contributed by atoms with E-state index in [1.807, 2.05) is 0 Å². The Morgan fingerprint density at radius 1 is 0.667 bits per heavy atom. The number of hydrogen-bond acceptors (Lipinski definition) is 1. The standard InChI is InChI=1S/C5Cl6F6O/c6-2(7,8)1(12,5(15,16)17)18-4(11,14)3(9,10)13. The summed E-state index contributed by atoms with van der Waals surface area (Å²) in [6.45, 7) is 0. The van der Waals surface area contributed by atoms with E-state index in [9.17, 15) is 26.3 Å². The molecule has 0 saturated heterocycles. The van der Waals surface area contributed by atoms with Crippen LogP contribution in [-0.4, -0.2) is 25.7 Å². The number of ether oxygens (including phenoxy) is 1. The molecule has 0 aliphatic rings. The van der Waals surface area contributed by atoms with Crippen LogP contribution in [0.2, 0.25) is 0 Å². The van der Waals surface area contributed by atoms with Crippen LogP contribution in [0, 0.1) is 0 Å². The summed E-state index contributed by atoms with van der Waals surface area (Å²) in [6, 6.07) is 0. The first kappa shape index (κ1) is 19.3. The minimum absolute atomic E-state index is 2.99. The molecule has 0 fully saturated rings. The van der Waals surface area contributed by atoms with Gasteiger partial charge in [0.1, 0.15) is 0 Å². The fourth-order valence-corrected chi connectivity index (χ4v) is 1.13. The summed E-state index contributed by atoms with van der Waals surface area (Å²) < 4.78 is 71.2. The van der Waals surface area contributed by atoms with Gasteiger partial charge in [-0.1, -0.05) is 58.0 Å². The Morgan fingerprint density at radius 2 is 1.00 bits per heavy atom. The zero-order valence-corrected chi connectivity index (χ0v) is 12.0. The van der Waals surface area contributed by atoms with Crippen molar-refractivity contribution >= 4 is 69.6 Å². The molecule has 0 spiro atoms. The molecule has 0 radical (unpaired) electrons. The van der Waals surface area contributed by atoms with Gasteiger partial charge < -0.3 is 0 Å². The normalized spacial score (nSPS) is 21.3. The lowest BCUT2D eigenvalue weighted by Gasteiger charge is -2.37. The molecular weight excluding hydrogens is 403 g/mol. The maximum Gasteiger partial charge on any atom is 0.453 e. The fourth-order valence-electron chi connectivity index (χ4n) is 0.511. The molecule has 2 unspecified atom stereocenters. The predicted molar refractivity (Wildman–Crippen MR) is 56.5 cm³/mol. The lowest BCUT2D eigenvalue weighted by atomic mass is 10.3. The van der Waals surface area contributed by atoms with Crippen molar-refractivity contribution in [2.45, 2.75) is 25.7 Å². The van der Waals surface area contributed by atoms with E-state index in [1.54, 1.807) is 0 Å². The fraction of sp³-hybridized carbons (Fsp3) is 1.00. The van der Waals surface area contributed by atoms with Gasteiger partial charge >= 0.3 is 21.9 Å². The van der Waals surface area contributed by atoms with Crippen LogP contribution in [0.15, 0.2) is 0 Å². The van der Waals surface area contributed by atoms with Crippen molar-refractivity contribution in [1.29, 1.82) is 0 Å². The Hall–Kier alpha value is 1.28. The Balaban J connectivity index is 5.58. The van der Waals surface area contributed by atoms with E-state index < -0.39 is 25.7 Å². The molecule has 0 aromatic carbocycles. The Labute approximate surface area is 126 Å². The van der Waals surface area contributed by atoms with Gasteiger partial charge in [0.25, 0.3) is 3.79 Å². The molecule has 110 valence electrons. The lowest BCUT2D eigenvalue weighted by molar-refractivity contribution is -0.370. The lowest BCUT2D eigenvalue weighted by Crippen LogP contribution is -2.58. The average Bonchev–Trinajstić information content (AvgIpc) is 1.95. The Kier molecular flexibility index (Phi) is 5.61. The molecule has 0 N–H and O–H groups in total. The summed E-state index contributed by atoms with van der Waals surface area (Å²) >= 11 is 27.3. The highest BCUT2D eigenvalue weighted by Crippen LogP contribution is 2.56. The van der Waals surface area contributed by atoms with E-state index in [2.05, 4.69) is 74.3 Å². The topological polar surface area (TPSA) is 9.23 Å². The zero-order valence-electron chi connectivity index (χ0n) is 7.44. The van der Waals surface area contributed by atoms with Gasteiger partial charge in [-0.05, 0) is 11.6 Å². The molecule has 1 nitrogen and oxygen atoms in total. The molecule has 0 aromatic heterocycles. The van der Waals surface area contributed by atoms with Crippen molar-refractivity contribution in [3.05, 3.63) is 0 Å². The van der Waals surface area contributed by atoms with E-state index in [-0.39, 0.29) is 0 Å². The van der Waals surface area contributed by atoms with Gasteiger partial charge in [0, 0.05) is 0 Å². The first-order valence-electron chi connectivity index (χ1n) is 3.43. The van der Waals surface area contributed by atoms with Gasteiger partial charge in [-0.2, -0.15) is 26.3 Å². The molecule has 0 heterocycles. The number of alkyl halides is 12. The quantitative estimate of drug-likeness (QED) is 0.443. The molecule has 2 atom stereocenters. The van der Waals surface area contributed by atoms with E-state index in [0.717, 1.165) is 0 Å². The molecular formula is C5Cl6F6O. The van der Waals surface area contributed by atoms with Crippen LogP contribution in [-0.2, 0) is 4.74 Å². The minimum Gasteiger partial charge on any atom is -0.280 e. The number of rotatable bonds is 3. The summed E-state index contributed by atoms with van der Waals surface area (Å²) in [5.41, 5.74) is 0. The maximum absolute atomic E-state index is 13.5. The van der Waals surface area contributed by atoms with Crippen molar-refractivity contribution in [3.63, 3.8) is 0 Å². The van der Waals surface area contributed by atoms with Gasteiger partial charge in [-0.15, -0.1) is 0 Å². The SMILES string of the molecule is FC(F)(F)C(F)(OC(F)(Cl)C(F)(Cl)Cl)C(Cl)(Cl)Cl.